The number of carbonyl (C=O) groups is 2. The SMILES string of the molecule is COC(=O)c1cc(OC)c(OC)cc1NC(=O)c1cc(-c2ccccn2)nc2c(C)c(Cl)ccc12. The van der Waals surface area contributed by atoms with Crippen LogP contribution in [0.4, 0.5) is 5.69 Å². The molecular formula is C26H22ClN3O5. The summed E-state index contributed by atoms with van der Waals surface area (Å²) < 4.78 is 15.5. The minimum absolute atomic E-state index is 0.112. The van der Waals surface area contributed by atoms with Gasteiger partial charge >= 0.3 is 5.97 Å². The smallest absolute Gasteiger partial charge is 0.340 e. The first-order chi connectivity index (χ1) is 16.9. The van der Waals surface area contributed by atoms with E-state index in [2.05, 4.69) is 10.3 Å². The van der Waals surface area contributed by atoms with Gasteiger partial charge in [0.1, 0.15) is 0 Å². The number of carbonyl (C=O) groups excluding carboxylic acids is 2. The molecule has 0 fully saturated rings. The monoisotopic (exact) mass is 491 g/mol. The number of ether oxygens (including phenoxy) is 3. The van der Waals surface area contributed by atoms with Crippen LogP contribution in [-0.4, -0.2) is 43.2 Å². The summed E-state index contributed by atoms with van der Waals surface area (Å²) in [5, 5.41) is 3.95. The molecule has 0 saturated heterocycles. The van der Waals surface area contributed by atoms with Gasteiger partial charge in [-0.3, -0.25) is 9.78 Å². The third-order valence-corrected chi connectivity index (χ3v) is 5.93. The number of benzene rings is 2. The molecule has 1 N–H and O–H groups in total. The van der Waals surface area contributed by atoms with Gasteiger partial charge < -0.3 is 19.5 Å². The van der Waals surface area contributed by atoms with Gasteiger partial charge in [0.25, 0.3) is 5.91 Å². The van der Waals surface area contributed by atoms with Crippen LogP contribution in [0, 0.1) is 6.92 Å². The molecular weight excluding hydrogens is 470 g/mol. The molecule has 0 aliphatic rings. The molecule has 178 valence electrons. The average molecular weight is 492 g/mol. The number of esters is 1. The molecule has 0 aliphatic carbocycles. The molecule has 0 unspecified atom stereocenters. The lowest BCUT2D eigenvalue weighted by Crippen LogP contribution is -2.17. The van der Waals surface area contributed by atoms with Crippen LogP contribution < -0.4 is 14.8 Å². The Morgan fingerprint density at radius 1 is 0.914 bits per heavy atom. The number of nitrogens with zero attached hydrogens (tertiary/aromatic N) is 2. The fraction of sp³-hybridized carbons (Fsp3) is 0.154. The molecule has 0 atom stereocenters. The Bertz CT molecular complexity index is 1440. The third kappa shape index (κ3) is 4.61. The number of pyridine rings is 2. The van der Waals surface area contributed by atoms with Crippen LogP contribution in [-0.2, 0) is 4.74 Å². The molecule has 1 amide bonds. The predicted octanol–water partition coefficient (Wildman–Crippen LogP) is 5.31. The molecule has 9 heteroatoms. The Kier molecular flexibility index (Phi) is 6.84. The molecule has 2 aromatic carbocycles. The molecule has 0 aliphatic heterocycles. The maximum Gasteiger partial charge on any atom is 0.340 e. The van der Waals surface area contributed by atoms with Crippen LogP contribution in [0.3, 0.4) is 0 Å². The first-order valence-corrected chi connectivity index (χ1v) is 10.9. The summed E-state index contributed by atoms with van der Waals surface area (Å²) in [5.41, 5.74) is 3.07. The standard InChI is InChI=1S/C26H22ClN3O5/c1-14-18(27)9-8-15-16(11-21(29-24(14)15)19-7-5-6-10-28-19)25(31)30-20-13-23(34-3)22(33-2)12-17(20)26(32)35-4/h5-13H,1-4H3,(H,30,31). The lowest BCUT2D eigenvalue weighted by molar-refractivity contribution is 0.0601. The Hall–Kier alpha value is -4.17. The number of halogens is 1. The van der Waals surface area contributed by atoms with Gasteiger partial charge in [0.2, 0.25) is 0 Å². The third-order valence-electron chi connectivity index (χ3n) is 5.52. The van der Waals surface area contributed by atoms with Gasteiger partial charge in [0.15, 0.2) is 11.5 Å². The highest BCUT2D eigenvalue weighted by Gasteiger charge is 2.22. The molecule has 0 bridgehead atoms. The Balaban J connectivity index is 1.88. The van der Waals surface area contributed by atoms with Crippen molar-refractivity contribution in [2.45, 2.75) is 6.92 Å². The van der Waals surface area contributed by atoms with Crippen LogP contribution >= 0.6 is 11.6 Å². The van der Waals surface area contributed by atoms with Crippen LogP contribution in [0.2, 0.25) is 5.02 Å². The number of hydrogen-bond donors (Lipinski definition) is 1. The quantitative estimate of drug-likeness (QED) is 0.364. The highest BCUT2D eigenvalue weighted by molar-refractivity contribution is 6.32. The van der Waals surface area contributed by atoms with Crippen molar-refractivity contribution in [2.75, 3.05) is 26.6 Å². The summed E-state index contributed by atoms with van der Waals surface area (Å²) in [6.07, 6.45) is 1.65. The summed E-state index contributed by atoms with van der Waals surface area (Å²) in [5.74, 6) is -0.443. The number of aryl methyl sites for hydroxylation is 1. The summed E-state index contributed by atoms with van der Waals surface area (Å²) in [4.78, 5) is 35.2. The van der Waals surface area contributed by atoms with Gasteiger partial charge in [-0.25, -0.2) is 9.78 Å². The second-order valence-electron chi connectivity index (χ2n) is 7.54. The first kappa shape index (κ1) is 24.0. The predicted molar refractivity (Wildman–Crippen MR) is 134 cm³/mol. The molecule has 2 aromatic heterocycles. The van der Waals surface area contributed by atoms with E-state index in [4.69, 9.17) is 30.8 Å². The van der Waals surface area contributed by atoms with Gasteiger partial charge in [-0.15, -0.1) is 0 Å². The second kappa shape index (κ2) is 9.99. The van der Waals surface area contributed by atoms with E-state index in [1.807, 2.05) is 13.0 Å². The van der Waals surface area contributed by atoms with E-state index >= 15 is 0 Å². The van der Waals surface area contributed by atoms with Gasteiger partial charge in [-0.1, -0.05) is 23.7 Å². The summed E-state index contributed by atoms with van der Waals surface area (Å²) in [6.45, 7) is 1.84. The van der Waals surface area contributed by atoms with Crippen molar-refractivity contribution in [1.29, 1.82) is 0 Å². The Labute approximate surface area is 206 Å². The highest BCUT2D eigenvalue weighted by atomic mass is 35.5. The summed E-state index contributed by atoms with van der Waals surface area (Å²) in [6, 6.07) is 13.5. The summed E-state index contributed by atoms with van der Waals surface area (Å²) >= 11 is 6.35. The van der Waals surface area contributed by atoms with Gasteiger partial charge in [-0.2, -0.15) is 0 Å². The van der Waals surface area contributed by atoms with Crippen LogP contribution in [0.5, 0.6) is 11.5 Å². The lowest BCUT2D eigenvalue weighted by Gasteiger charge is -2.16. The van der Waals surface area contributed by atoms with E-state index in [1.54, 1.807) is 36.5 Å². The van der Waals surface area contributed by atoms with Gasteiger partial charge in [0.05, 0.1) is 55.0 Å². The number of aromatic nitrogens is 2. The number of hydrogen-bond acceptors (Lipinski definition) is 7. The zero-order chi connectivity index (χ0) is 25.1. The number of fused-ring (bicyclic) bond motifs is 1. The fourth-order valence-corrected chi connectivity index (χ4v) is 3.84. The molecule has 2 heterocycles. The van der Waals surface area contributed by atoms with Crippen molar-refractivity contribution in [3.8, 4) is 22.9 Å². The maximum absolute atomic E-state index is 13.6. The molecule has 0 spiro atoms. The molecule has 0 saturated carbocycles. The van der Waals surface area contributed by atoms with Crippen LogP contribution in [0.15, 0.2) is 54.7 Å². The van der Waals surface area contributed by atoms with Crippen LogP contribution in [0.1, 0.15) is 26.3 Å². The molecule has 4 aromatic rings. The van der Waals surface area contributed by atoms with Crippen molar-refractivity contribution in [3.63, 3.8) is 0 Å². The zero-order valence-electron chi connectivity index (χ0n) is 19.5. The first-order valence-electron chi connectivity index (χ1n) is 10.5. The minimum Gasteiger partial charge on any atom is -0.493 e. The van der Waals surface area contributed by atoms with Crippen LogP contribution in [0.25, 0.3) is 22.3 Å². The van der Waals surface area contributed by atoms with Crippen molar-refractivity contribution in [1.82, 2.24) is 9.97 Å². The second-order valence-corrected chi connectivity index (χ2v) is 7.94. The molecule has 4 rings (SSSR count). The van der Waals surface area contributed by atoms with Crippen molar-refractivity contribution >= 4 is 40.1 Å². The Morgan fingerprint density at radius 2 is 1.66 bits per heavy atom. The maximum atomic E-state index is 13.6. The van der Waals surface area contributed by atoms with Crippen molar-refractivity contribution in [3.05, 3.63) is 76.4 Å². The molecule has 0 radical (unpaired) electrons. The number of rotatable bonds is 6. The van der Waals surface area contributed by atoms with E-state index in [0.29, 0.717) is 44.4 Å². The van der Waals surface area contributed by atoms with E-state index in [-0.39, 0.29) is 11.3 Å². The van der Waals surface area contributed by atoms with E-state index in [0.717, 1.165) is 5.56 Å². The fourth-order valence-electron chi connectivity index (χ4n) is 3.69. The Morgan fingerprint density at radius 3 is 2.31 bits per heavy atom. The van der Waals surface area contributed by atoms with Gasteiger partial charge in [0, 0.05) is 28.7 Å². The molecule has 8 nitrogen and oxygen atoms in total. The van der Waals surface area contributed by atoms with E-state index in [9.17, 15) is 9.59 Å². The number of nitrogens with one attached hydrogen (secondary N) is 1. The minimum atomic E-state index is -0.641. The normalized spacial score (nSPS) is 10.7. The number of methoxy groups -OCH3 is 3. The summed E-state index contributed by atoms with van der Waals surface area (Å²) in [7, 11) is 4.17. The van der Waals surface area contributed by atoms with Crippen molar-refractivity contribution < 1.29 is 23.8 Å². The van der Waals surface area contributed by atoms with E-state index < -0.39 is 11.9 Å². The van der Waals surface area contributed by atoms with Crippen molar-refractivity contribution in [2.24, 2.45) is 0 Å². The zero-order valence-corrected chi connectivity index (χ0v) is 20.3. The molecule has 35 heavy (non-hydrogen) atoms. The number of amides is 1. The lowest BCUT2D eigenvalue weighted by atomic mass is 10.0. The largest absolute Gasteiger partial charge is 0.493 e. The topological polar surface area (TPSA) is 99.6 Å². The van der Waals surface area contributed by atoms with Gasteiger partial charge in [-0.05, 0) is 36.8 Å². The average Bonchev–Trinajstić information content (AvgIpc) is 2.89. The highest BCUT2D eigenvalue weighted by Crippen LogP contribution is 2.35. The van der Waals surface area contributed by atoms with E-state index in [1.165, 1.54) is 33.5 Å². The number of anilines is 1.